The van der Waals surface area contributed by atoms with Crippen LogP contribution < -0.4 is 10.1 Å². The highest BCUT2D eigenvalue weighted by Gasteiger charge is 2.22. The monoisotopic (exact) mass is 283 g/mol. The van der Waals surface area contributed by atoms with E-state index in [-0.39, 0.29) is 6.61 Å². The molecule has 2 aromatic carbocycles. The summed E-state index contributed by atoms with van der Waals surface area (Å²) >= 11 is 0. The molecule has 21 heavy (non-hydrogen) atoms. The summed E-state index contributed by atoms with van der Waals surface area (Å²) in [7, 11) is 0. The van der Waals surface area contributed by atoms with Crippen molar-refractivity contribution in [3.8, 4) is 5.75 Å². The van der Waals surface area contributed by atoms with Gasteiger partial charge in [-0.05, 0) is 42.0 Å². The second kappa shape index (κ2) is 6.64. The molecule has 0 atom stereocenters. The molecule has 0 unspecified atom stereocenters. The lowest BCUT2D eigenvalue weighted by Crippen LogP contribution is -2.04. The first-order valence-corrected chi connectivity index (χ1v) is 7.49. The minimum absolute atomic E-state index is 0.0888. The number of benzene rings is 2. The molecule has 2 N–H and O–H groups in total. The maximum absolute atomic E-state index is 9.05. The lowest BCUT2D eigenvalue weighted by atomic mass is 10.1. The average molecular weight is 283 g/mol. The first kappa shape index (κ1) is 14.0. The Bertz CT molecular complexity index is 576. The van der Waals surface area contributed by atoms with E-state index in [0.717, 1.165) is 36.1 Å². The highest BCUT2D eigenvalue weighted by Crippen LogP contribution is 2.31. The molecule has 0 aromatic heterocycles. The molecule has 3 heteroatoms. The predicted molar refractivity (Wildman–Crippen MR) is 84.4 cm³/mol. The number of aliphatic hydroxyl groups excluding tert-OH is 1. The number of anilines is 1. The zero-order chi connectivity index (χ0) is 14.5. The summed E-state index contributed by atoms with van der Waals surface area (Å²) < 4.78 is 5.89. The van der Waals surface area contributed by atoms with Crippen molar-refractivity contribution in [2.45, 2.75) is 26.0 Å². The van der Waals surface area contributed by atoms with Gasteiger partial charge >= 0.3 is 0 Å². The van der Waals surface area contributed by atoms with Crippen molar-refractivity contribution >= 4 is 5.69 Å². The van der Waals surface area contributed by atoms with Gasteiger partial charge in [0.05, 0.1) is 18.9 Å². The van der Waals surface area contributed by atoms with Gasteiger partial charge in [-0.15, -0.1) is 0 Å². The molecule has 3 rings (SSSR count). The number of hydrogen-bond acceptors (Lipinski definition) is 3. The van der Waals surface area contributed by atoms with Crippen LogP contribution in [-0.2, 0) is 13.2 Å². The smallest absolute Gasteiger partial charge is 0.142 e. The van der Waals surface area contributed by atoms with E-state index in [9.17, 15) is 0 Å². The van der Waals surface area contributed by atoms with Crippen LogP contribution in [0.5, 0.6) is 5.75 Å². The fourth-order valence-corrected chi connectivity index (χ4v) is 2.19. The van der Waals surface area contributed by atoms with Gasteiger partial charge in [-0.2, -0.15) is 0 Å². The second-order valence-corrected chi connectivity index (χ2v) is 5.58. The topological polar surface area (TPSA) is 41.5 Å². The third-order valence-electron chi connectivity index (χ3n) is 3.75. The summed E-state index contributed by atoms with van der Waals surface area (Å²) in [4.78, 5) is 0. The van der Waals surface area contributed by atoms with Crippen LogP contribution in [0.1, 0.15) is 24.0 Å². The molecule has 0 aliphatic heterocycles. The van der Waals surface area contributed by atoms with E-state index in [2.05, 4.69) is 5.32 Å². The molecule has 1 aliphatic rings. The first-order valence-electron chi connectivity index (χ1n) is 7.49. The molecule has 0 amide bonds. The Morgan fingerprint density at radius 2 is 1.71 bits per heavy atom. The number of rotatable bonds is 7. The van der Waals surface area contributed by atoms with Gasteiger partial charge in [0.1, 0.15) is 5.75 Å². The SMILES string of the molecule is OCc1ccc(CNc2ccccc2OCC2CC2)cc1. The molecule has 0 radical (unpaired) electrons. The highest BCUT2D eigenvalue weighted by atomic mass is 16.5. The molecule has 3 nitrogen and oxygen atoms in total. The molecule has 2 aromatic rings. The van der Waals surface area contributed by atoms with Crippen molar-refractivity contribution in [1.29, 1.82) is 0 Å². The predicted octanol–water partition coefficient (Wildman–Crippen LogP) is 3.58. The van der Waals surface area contributed by atoms with Crippen LogP contribution in [0.2, 0.25) is 0 Å². The zero-order valence-corrected chi connectivity index (χ0v) is 12.1. The van der Waals surface area contributed by atoms with E-state index in [1.165, 1.54) is 18.4 Å². The van der Waals surface area contributed by atoms with E-state index in [1.807, 2.05) is 48.5 Å². The van der Waals surface area contributed by atoms with Gasteiger partial charge in [-0.3, -0.25) is 0 Å². The number of aliphatic hydroxyl groups is 1. The molecule has 0 bridgehead atoms. The molecule has 1 saturated carbocycles. The largest absolute Gasteiger partial charge is 0.491 e. The molecular weight excluding hydrogens is 262 g/mol. The Labute approximate surface area is 125 Å². The van der Waals surface area contributed by atoms with Crippen LogP contribution in [0.3, 0.4) is 0 Å². The van der Waals surface area contributed by atoms with Crippen molar-refractivity contribution in [3.05, 3.63) is 59.7 Å². The van der Waals surface area contributed by atoms with E-state index < -0.39 is 0 Å². The van der Waals surface area contributed by atoms with Crippen molar-refractivity contribution in [2.75, 3.05) is 11.9 Å². The summed E-state index contributed by atoms with van der Waals surface area (Å²) in [6, 6.07) is 16.0. The fraction of sp³-hybridized carbons (Fsp3) is 0.333. The standard InChI is InChI=1S/C18H21NO2/c20-12-15-7-5-14(6-8-15)11-19-17-3-1-2-4-18(17)21-13-16-9-10-16/h1-8,16,19-20H,9-13H2. The molecule has 0 saturated heterocycles. The van der Waals surface area contributed by atoms with Crippen molar-refractivity contribution in [3.63, 3.8) is 0 Å². The molecular formula is C18H21NO2. The quantitative estimate of drug-likeness (QED) is 0.816. The molecule has 0 spiro atoms. The molecule has 0 heterocycles. The lowest BCUT2D eigenvalue weighted by molar-refractivity contribution is 0.282. The van der Waals surface area contributed by atoms with Gasteiger partial charge in [0.25, 0.3) is 0 Å². The van der Waals surface area contributed by atoms with Gasteiger partial charge in [0.15, 0.2) is 0 Å². The lowest BCUT2D eigenvalue weighted by Gasteiger charge is -2.13. The summed E-state index contributed by atoms with van der Waals surface area (Å²) in [6.45, 7) is 1.66. The van der Waals surface area contributed by atoms with E-state index >= 15 is 0 Å². The van der Waals surface area contributed by atoms with Crippen LogP contribution in [-0.4, -0.2) is 11.7 Å². The minimum Gasteiger partial charge on any atom is -0.491 e. The Morgan fingerprint density at radius 3 is 2.43 bits per heavy atom. The normalized spacial score (nSPS) is 14.0. The summed E-state index contributed by atoms with van der Waals surface area (Å²) in [6.07, 6.45) is 2.60. The van der Waals surface area contributed by atoms with Crippen LogP contribution in [0.15, 0.2) is 48.5 Å². The van der Waals surface area contributed by atoms with Gasteiger partial charge in [-0.25, -0.2) is 0 Å². The maximum Gasteiger partial charge on any atom is 0.142 e. The third-order valence-corrected chi connectivity index (χ3v) is 3.75. The van der Waals surface area contributed by atoms with Crippen LogP contribution in [0.25, 0.3) is 0 Å². The molecule has 1 fully saturated rings. The number of hydrogen-bond donors (Lipinski definition) is 2. The zero-order valence-electron chi connectivity index (χ0n) is 12.1. The fourth-order valence-electron chi connectivity index (χ4n) is 2.19. The Balaban J connectivity index is 1.60. The molecule has 110 valence electrons. The first-order chi connectivity index (χ1) is 10.3. The number of nitrogens with one attached hydrogen (secondary N) is 1. The van der Waals surface area contributed by atoms with Gasteiger partial charge in [0.2, 0.25) is 0 Å². The van der Waals surface area contributed by atoms with Gasteiger partial charge in [0, 0.05) is 6.54 Å². The molecule has 1 aliphatic carbocycles. The van der Waals surface area contributed by atoms with Crippen LogP contribution in [0, 0.1) is 5.92 Å². The number of ether oxygens (including phenoxy) is 1. The summed E-state index contributed by atoms with van der Waals surface area (Å²) in [5, 5.41) is 12.5. The second-order valence-electron chi connectivity index (χ2n) is 5.58. The number of para-hydroxylation sites is 2. The average Bonchev–Trinajstić information content (AvgIpc) is 3.36. The van der Waals surface area contributed by atoms with Crippen molar-refractivity contribution in [1.82, 2.24) is 0 Å². The Morgan fingerprint density at radius 1 is 1.00 bits per heavy atom. The van der Waals surface area contributed by atoms with E-state index in [0.29, 0.717) is 0 Å². The van der Waals surface area contributed by atoms with Crippen LogP contribution in [0.4, 0.5) is 5.69 Å². The van der Waals surface area contributed by atoms with Crippen molar-refractivity contribution in [2.24, 2.45) is 5.92 Å². The maximum atomic E-state index is 9.05. The highest BCUT2D eigenvalue weighted by molar-refractivity contribution is 5.56. The van der Waals surface area contributed by atoms with E-state index in [1.54, 1.807) is 0 Å². The third kappa shape index (κ3) is 3.99. The summed E-state index contributed by atoms with van der Waals surface area (Å²) in [5.74, 6) is 1.68. The Kier molecular flexibility index (Phi) is 4.41. The van der Waals surface area contributed by atoms with Crippen molar-refractivity contribution < 1.29 is 9.84 Å². The summed E-state index contributed by atoms with van der Waals surface area (Å²) in [5.41, 5.74) is 3.15. The van der Waals surface area contributed by atoms with Gasteiger partial charge in [-0.1, -0.05) is 36.4 Å². The Hall–Kier alpha value is -2.00. The van der Waals surface area contributed by atoms with E-state index in [4.69, 9.17) is 9.84 Å². The minimum atomic E-state index is 0.0888. The van der Waals surface area contributed by atoms with Gasteiger partial charge < -0.3 is 15.2 Å². The van der Waals surface area contributed by atoms with Crippen LogP contribution >= 0.6 is 0 Å².